The van der Waals surface area contributed by atoms with Crippen molar-refractivity contribution in [2.24, 2.45) is 0 Å². The van der Waals surface area contributed by atoms with E-state index in [1.165, 1.54) is 6.08 Å². The van der Waals surface area contributed by atoms with Crippen LogP contribution in [-0.2, 0) is 16.2 Å². The van der Waals surface area contributed by atoms with Crippen molar-refractivity contribution in [2.45, 2.75) is 6.61 Å². The molecule has 1 saturated heterocycles. The van der Waals surface area contributed by atoms with Crippen molar-refractivity contribution in [1.82, 2.24) is 10.6 Å². The molecular formula is C18H12BrClN2O4. The Morgan fingerprint density at radius 1 is 1.04 bits per heavy atom. The highest BCUT2D eigenvalue weighted by Crippen LogP contribution is 2.27. The molecule has 4 amide bonds. The number of hydrogen-bond donors (Lipinski definition) is 2. The fourth-order valence-electron chi connectivity index (χ4n) is 2.31. The second-order valence-corrected chi connectivity index (χ2v) is 6.75. The van der Waals surface area contributed by atoms with Crippen LogP contribution in [0.5, 0.6) is 5.75 Å². The van der Waals surface area contributed by atoms with E-state index in [9.17, 15) is 14.4 Å². The smallest absolute Gasteiger partial charge is 0.328 e. The van der Waals surface area contributed by atoms with Crippen molar-refractivity contribution in [3.05, 3.63) is 68.7 Å². The van der Waals surface area contributed by atoms with Gasteiger partial charge in [0, 0.05) is 15.1 Å². The fraction of sp³-hybridized carbons (Fsp3) is 0.0556. The Bertz CT molecular complexity index is 921. The quantitative estimate of drug-likeness (QED) is 0.569. The second kappa shape index (κ2) is 7.72. The van der Waals surface area contributed by atoms with Gasteiger partial charge >= 0.3 is 6.03 Å². The summed E-state index contributed by atoms with van der Waals surface area (Å²) < 4.78 is 6.55. The van der Waals surface area contributed by atoms with Crippen LogP contribution >= 0.6 is 27.5 Å². The van der Waals surface area contributed by atoms with Gasteiger partial charge in [0.2, 0.25) is 0 Å². The Morgan fingerprint density at radius 2 is 1.77 bits per heavy atom. The molecule has 0 unspecified atom stereocenters. The van der Waals surface area contributed by atoms with E-state index >= 15 is 0 Å². The van der Waals surface area contributed by atoms with Crippen LogP contribution in [0.4, 0.5) is 4.79 Å². The highest BCUT2D eigenvalue weighted by atomic mass is 79.9. The van der Waals surface area contributed by atoms with Gasteiger partial charge in [-0.3, -0.25) is 20.2 Å². The van der Waals surface area contributed by atoms with Crippen LogP contribution in [0.2, 0.25) is 5.02 Å². The average molecular weight is 436 g/mol. The van der Waals surface area contributed by atoms with E-state index in [-0.39, 0.29) is 12.2 Å². The molecule has 0 aromatic heterocycles. The summed E-state index contributed by atoms with van der Waals surface area (Å²) in [6.45, 7) is 0.259. The SMILES string of the molecule is O=C1NC(=O)C(=Cc2cc(Br)ccc2OCc2cccc(Cl)c2)C(=O)N1. The molecule has 132 valence electrons. The molecule has 8 heteroatoms. The topological polar surface area (TPSA) is 84.5 Å². The number of amides is 4. The number of barbiturate groups is 1. The van der Waals surface area contributed by atoms with Crippen LogP contribution in [0.15, 0.2) is 52.5 Å². The number of hydrogen-bond acceptors (Lipinski definition) is 4. The van der Waals surface area contributed by atoms with Gasteiger partial charge < -0.3 is 4.74 Å². The number of carbonyl (C=O) groups excluding carboxylic acids is 3. The van der Waals surface area contributed by atoms with Crippen LogP contribution in [0.3, 0.4) is 0 Å². The van der Waals surface area contributed by atoms with Gasteiger partial charge in [0.15, 0.2) is 0 Å². The van der Waals surface area contributed by atoms with Crippen LogP contribution in [0.1, 0.15) is 11.1 Å². The lowest BCUT2D eigenvalue weighted by atomic mass is 10.1. The Morgan fingerprint density at radius 3 is 2.46 bits per heavy atom. The average Bonchev–Trinajstić information content (AvgIpc) is 2.57. The standard InChI is InChI=1S/C18H12BrClN2O4/c19-12-4-5-15(26-9-10-2-1-3-13(20)6-10)11(7-12)8-14-16(23)21-18(25)22-17(14)24/h1-8H,9H2,(H2,21,22,23,24,25). The number of carbonyl (C=O) groups is 3. The monoisotopic (exact) mass is 434 g/mol. The maximum atomic E-state index is 11.9. The number of benzene rings is 2. The van der Waals surface area contributed by atoms with Gasteiger partial charge in [-0.1, -0.05) is 39.7 Å². The molecule has 1 aliphatic rings. The largest absolute Gasteiger partial charge is 0.488 e. The minimum Gasteiger partial charge on any atom is -0.488 e. The molecule has 2 aromatic carbocycles. The lowest BCUT2D eigenvalue weighted by molar-refractivity contribution is -0.123. The van der Waals surface area contributed by atoms with Crippen LogP contribution in [-0.4, -0.2) is 17.8 Å². The van der Waals surface area contributed by atoms with Gasteiger partial charge in [0.05, 0.1) is 0 Å². The normalized spacial score (nSPS) is 13.9. The summed E-state index contributed by atoms with van der Waals surface area (Å²) in [6, 6.07) is 11.6. The Kier molecular flexibility index (Phi) is 5.39. The molecule has 3 rings (SSSR count). The first-order valence-corrected chi connectivity index (χ1v) is 8.64. The number of imide groups is 2. The van der Waals surface area contributed by atoms with E-state index in [1.54, 1.807) is 30.3 Å². The molecule has 0 aliphatic carbocycles. The summed E-state index contributed by atoms with van der Waals surface area (Å²) in [5, 5.41) is 4.67. The lowest BCUT2D eigenvalue weighted by Gasteiger charge is -2.15. The molecule has 0 atom stereocenters. The summed E-state index contributed by atoms with van der Waals surface area (Å²) in [7, 11) is 0. The predicted octanol–water partition coefficient (Wildman–Crippen LogP) is 3.43. The van der Waals surface area contributed by atoms with E-state index in [1.807, 2.05) is 22.8 Å². The first-order valence-electron chi connectivity index (χ1n) is 7.47. The zero-order valence-corrected chi connectivity index (χ0v) is 15.6. The van der Waals surface area contributed by atoms with Crippen LogP contribution in [0.25, 0.3) is 6.08 Å². The van der Waals surface area contributed by atoms with E-state index in [2.05, 4.69) is 15.9 Å². The van der Waals surface area contributed by atoms with Gasteiger partial charge in [-0.15, -0.1) is 0 Å². The van der Waals surface area contributed by atoms with Crippen molar-refractivity contribution < 1.29 is 19.1 Å². The number of halogens is 2. The van der Waals surface area contributed by atoms with E-state index < -0.39 is 17.8 Å². The van der Waals surface area contributed by atoms with Crippen molar-refractivity contribution in [3.63, 3.8) is 0 Å². The minimum atomic E-state index is -0.844. The fourth-order valence-corrected chi connectivity index (χ4v) is 2.90. The summed E-state index contributed by atoms with van der Waals surface area (Å²) in [4.78, 5) is 35.0. The molecule has 2 aromatic rings. The summed E-state index contributed by atoms with van der Waals surface area (Å²) >= 11 is 9.31. The van der Waals surface area contributed by atoms with Crippen LogP contribution < -0.4 is 15.4 Å². The maximum absolute atomic E-state index is 11.9. The van der Waals surface area contributed by atoms with Gasteiger partial charge in [-0.2, -0.15) is 0 Å². The zero-order valence-electron chi connectivity index (χ0n) is 13.2. The Hall–Kier alpha value is -2.64. The molecule has 2 N–H and O–H groups in total. The molecule has 1 fully saturated rings. The van der Waals surface area contributed by atoms with Crippen molar-refractivity contribution in [2.75, 3.05) is 0 Å². The summed E-state index contributed by atoms with van der Waals surface area (Å²) in [6.07, 6.45) is 1.37. The van der Waals surface area contributed by atoms with Crippen LogP contribution in [0, 0.1) is 0 Å². The first-order chi connectivity index (χ1) is 12.4. The van der Waals surface area contributed by atoms with Gasteiger partial charge in [-0.05, 0) is 42.0 Å². The highest BCUT2D eigenvalue weighted by Gasteiger charge is 2.28. The zero-order chi connectivity index (χ0) is 18.7. The van der Waals surface area contributed by atoms with E-state index in [0.717, 1.165) is 10.0 Å². The van der Waals surface area contributed by atoms with Crippen molar-refractivity contribution >= 4 is 51.5 Å². The molecule has 0 saturated carbocycles. The lowest BCUT2D eigenvalue weighted by Crippen LogP contribution is -2.51. The van der Waals surface area contributed by atoms with E-state index in [0.29, 0.717) is 16.3 Å². The third-order valence-corrected chi connectivity index (χ3v) is 4.23. The molecule has 6 nitrogen and oxygen atoms in total. The van der Waals surface area contributed by atoms with Gasteiger partial charge in [0.1, 0.15) is 17.9 Å². The molecular weight excluding hydrogens is 424 g/mol. The first kappa shape index (κ1) is 18.2. The number of urea groups is 1. The minimum absolute atomic E-state index is 0.185. The van der Waals surface area contributed by atoms with Gasteiger partial charge in [-0.25, -0.2) is 4.79 Å². The third-order valence-electron chi connectivity index (χ3n) is 3.50. The van der Waals surface area contributed by atoms with Crippen molar-refractivity contribution in [3.8, 4) is 5.75 Å². The Labute approximate surface area is 162 Å². The third kappa shape index (κ3) is 4.30. The van der Waals surface area contributed by atoms with Crippen molar-refractivity contribution in [1.29, 1.82) is 0 Å². The molecule has 26 heavy (non-hydrogen) atoms. The number of rotatable bonds is 4. The van der Waals surface area contributed by atoms with Gasteiger partial charge in [0.25, 0.3) is 11.8 Å². The maximum Gasteiger partial charge on any atom is 0.328 e. The molecule has 0 radical (unpaired) electrons. The van der Waals surface area contributed by atoms with E-state index in [4.69, 9.17) is 16.3 Å². The highest BCUT2D eigenvalue weighted by molar-refractivity contribution is 9.10. The molecule has 0 spiro atoms. The summed E-state index contributed by atoms with van der Waals surface area (Å²) in [5.74, 6) is -1.06. The Balaban J connectivity index is 1.88. The molecule has 0 bridgehead atoms. The number of ether oxygens (including phenoxy) is 1. The second-order valence-electron chi connectivity index (χ2n) is 5.40. The molecule has 1 heterocycles. The number of nitrogens with one attached hydrogen (secondary N) is 2. The molecule has 1 aliphatic heterocycles. The predicted molar refractivity (Wildman–Crippen MR) is 99.6 cm³/mol. The summed E-state index contributed by atoms with van der Waals surface area (Å²) in [5.41, 5.74) is 1.20.